The Bertz CT molecular complexity index is 350. The van der Waals surface area contributed by atoms with Gasteiger partial charge in [0.05, 0.1) is 13.2 Å². The van der Waals surface area contributed by atoms with Gasteiger partial charge in [0.1, 0.15) is 0 Å². The summed E-state index contributed by atoms with van der Waals surface area (Å²) in [5.41, 5.74) is 5.65. The number of nitrogens with two attached hydrogens (primary N) is 1. The Morgan fingerprint density at radius 1 is 1.57 bits per heavy atom. The highest BCUT2D eigenvalue weighted by molar-refractivity contribution is 5.99. The van der Waals surface area contributed by atoms with Gasteiger partial charge in [-0.1, -0.05) is 0 Å². The van der Waals surface area contributed by atoms with Gasteiger partial charge in [0.25, 0.3) is 0 Å². The molecule has 0 bridgehead atoms. The molecule has 0 aliphatic rings. The van der Waals surface area contributed by atoms with Gasteiger partial charge in [0.2, 0.25) is 0 Å². The number of rotatable bonds is 3. The van der Waals surface area contributed by atoms with Gasteiger partial charge in [-0.15, -0.1) is 0 Å². The second-order valence-corrected chi connectivity index (χ2v) is 3.00. The minimum absolute atomic E-state index is 0.117. The number of hydrogen-bond donors (Lipinski definition) is 1. The predicted octanol–water partition coefficient (Wildman–Crippen LogP) is 1.36. The van der Waals surface area contributed by atoms with E-state index < -0.39 is 11.9 Å². The van der Waals surface area contributed by atoms with E-state index in [2.05, 4.69) is 0 Å². The third-order valence-electron chi connectivity index (χ3n) is 1.85. The molecule has 76 valence electrons. The van der Waals surface area contributed by atoms with Crippen molar-refractivity contribution in [3.63, 3.8) is 0 Å². The maximum atomic E-state index is 13.2. The smallest absolute Gasteiger partial charge is 0.179 e. The number of ether oxygens (including phenoxy) is 1. The largest absolute Gasteiger partial charge is 0.494 e. The fourth-order valence-corrected chi connectivity index (χ4v) is 1.08. The van der Waals surface area contributed by atoms with Crippen molar-refractivity contribution in [3.05, 3.63) is 29.6 Å². The van der Waals surface area contributed by atoms with E-state index in [1.54, 1.807) is 6.92 Å². The van der Waals surface area contributed by atoms with E-state index in [0.717, 1.165) is 6.07 Å². The van der Waals surface area contributed by atoms with Crippen molar-refractivity contribution in [2.45, 2.75) is 13.0 Å². The molecule has 1 rings (SSSR count). The first-order valence-electron chi connectivity index (χ1n) is 4.19. The zero-order valence-electron chi connectivity index (χ0n) is 8.08. The van der Waals surface area contributed by atoms with Crippen LogP contribution in [0.1, 0.15) is 17.3 Å². The molecule has 0 aromatic heterocycles. The Hall–Kier alpha value is -1.42. The fourth-order valence-electron chi connectivity index (χ4n) is 1.08. The third kappa shape index (κ3) is 2.09. The third-order valence-corrected chi connectivity index (χ3v) is 1.85. The zero-order valence-corrected chi connectivity index (χ0v) is 8.08. The van der Waals surface area contributed by atoms with Gasteiger partial charge in [-0.3, -0.25) is 4.79 Å². The molecule has 0 spiro atoms. The summed E-state index contributed by atoms with van der Waals surface area (Å²) in [5, 5.41) is 0. The van der Waals surface area contributed by atoms with Crippen LogP contribution in [0.25, 0.3) is 0 Å². The highest BCUT2D eigenvalue weighted by Gasteiger charge is 2.13. The van der Waals surface area contributed by atoms with Crippen LogP contribution in [0, 0.1) is 5.82 Å². The molecule has 2 N–H and O–H groups in total. The van der Waals surface area contributed by atoms with Crippen LogP contribution in [0.2, 0.25) is 0 Å². The Morgan fingerprint density at radius 2 is 2.21 bits per heavy atom. The monoisotopic (exact) mass is 197 g/mol. The first kappa shape index (κ1) is 10.7. The molecule has 4 heteroatoms. The van der Waals surface area contributed by atoms with Gasteiger partial charge in [-0.05, 0) is 25.1 Å². The van der Waals surface area contributed by atoms with Crippen molar-refractivity contribution in [3.8, 4) is 5.75 Å². The molecule has 0 saturated carbocycles. The summed E-state index contributed by atoms with van der Waals surface area (Å²) in [4.78, 5) is 11.4. The maximum Gasteiger partial charge on any atom is 0.179 e. The van der Waals surface area contributed by atoms with Crippen LogP contribution in [0.4, 0.5) is 4.39 Å². The summed E-state index contributed by atoms with van der Waals surface area (Å²) in [6.45, 7) is 1.56. The molecule has 14 heavy (non-hydrogen) atoms. The van der Waals surface area contributed by atoms with E-state index in [-0.39, 0.29) is 17.1 Å². The maximum absolute atomic E-state index is 13.2. The lowest BCUT2D eigenvalue weighted by Gasteiger charge is -2.06. The van der Waals surface area contributed by atoms with E-state index in [0.29, 0.717) is 0 Å². The van der Waals surface area contributed by atoms with Crippen molar-refractivity contribution in [2.75, 3.05) is 7.11 Å². The van der Waals surface area contributed by atoms with Crippen molar-refractivity contribution in [1.29, 1.82) is 0 Å². The van der Waals surface area contributed by atoms with Crippen molar-refractivity contribution in [1.82, 2.24) is 0 Å². The second kappa shape index (κ2) is 4.19. The molecular formula is C10H12FNO2. The summed E-state index contributed by atoms with van der Waals surface area (Å²) >= 11 is 0. The lowest BCUT2D eigenvalue weighted by Crippen LogP contribution is -2.26. The van der Waals surface area contributed by atoms with Gasteiger partial charge in [0, 0.05) is 5.56 Å². The van der Waals surface area contributed by atoms with Gasteiger partial charge in [0.15, 0.2) is 17.3 Å². The van der Waals surface area contributed by atoms with Gasteiger partial charge in [-0.2, -0.15) is 0 Å². The lowest BCUT2D eigenvalue weighted by atomic mass is 10.1. The number of Topliss-reactive ketones (excluding diaryl/α,β-unsaturated/α-hetero) is 1. The minimum Gasteiger partial charge on any atom is -0.494 e. The fraction of sp³-hybridized carbons (Fsp3) is 0.300. The van der Waals surface area contributed by atoms with Crippen LogP contribution in [-0.2, 0) is 0 Å². The number of benzene rings is 1. The Labute approximate surface area is 81.7 Å². The van der Waals surface area contributed by atoms with E-state index in [1.807, 2.05) is 0 Å². The highest BCUT2D eigenvalue weighted by Crippen LogP contribution is 2.18. The number of carbonyl (C=O) groups is 1. The molecule has 1 aromatic carbocycles. The molecule has 1 atom stereocenters. The van der Waals surface area contributed by atoms with Crippen LogP contribution in [-0.4, -0.2) is 18.9 Å². The van der Waals surface area contributed by atoms with Crippen LogP contribution in [0.3, 0.4) is 0 Å². The van der Waals surface area contributed by atoms with Crippen LogP contribution in [0.15, 0.2) is 18.2 Å². The lowest BCUT2D eigenvalue weighted by molar-refractivity contribution is 0.0967. The molecule has 0 radical (unpaired) electrons. The van der Waals surface area contributed by atoms with Gasteiger partial charge >= 0.3 is 0 Å². The molecule has 0 saturated heterocycles. The normalized spacial score (nSPS) is 12.3. The van der Waals surface area contributed by atoms with Gasteiger partial charge in [-0.25, -0.2) is 4.39 Å². The predicted molar refractivity (Wildman–Crippen MR) is 50.9 cm³/mol. The minimum atomic E-state index is -0.622. The number of hydrogen-bond acceptors (Lipinski definition) is 3. The summed E-state index contributed by atoms with van der Waals surface area (Å²) in [5.74, 6) is -0.725. The zero-order chi connectivity index (χ0) is 10.7. The van der Waals surface area contributed by atoms with Crippen LogP contribution in [0.5, 0.6) is 5.75 Å². The summed E-state index contributed by atoms with van der Waals surface area (Å²) in [7, 11) is 1.37. The molecule has 0 fully saturated rings. The van der Waals surface area contributed by atoms with Crippen molar-refractivity contribution < 1.29 is 13.9 Å². The Morgan fingerprint density at radius 3 is 2.64 bits per heavy atom. The Kier molecular flexibility index (Phi) is 3.19. The first-order valence-corrected chi connectivity index (χ1v) is 4.19. The molecule has 0 heterocycles. The molecule has 1 aromatic rings. The summed E-state index contributed by atoms with van der Waals surface area (Å²) < 4.78 is 17.9. The topological polar surface area (TPSA) is 52.3 Å². The highest BCUT2D eigenvalue weighted by atomic mass is 19.1. The number of ketones is 1. The molecule has 0 aliphatic heterocycles. The van der Waals surface area contributed by atoms with Gasteiger partial charge < -0.3 is 10.5 Å². The average Bonchev–Trinajstić information content (AvgIpc) is 2.16. The van der Waals surface area contributed by atoms with Crippen molar-refractivity contribution >= 4 is 5.78 Å². The molecule has 0 amide bonds. The van der Waals surface area contributed by atoms with Crippen LogP contribution >= 0.6 is 0 Å². The molecule has 3 nitrogen and oxygen atoms in total. The van der Waals surface area contributed by atoms with Crippen LogP contribution < -0.4 is 10.5 Å². The van der Waals surface area contributed by atoms with E-state index in [9.17, 15) is 9.18 Å². The second-order valence-electron chi connectivity index (χ2n) is 3.00. The number of methoxy groups -OCH3 is 1. The Balaban J connectivity index is 3.03. The number of halogens is 1. The van der Waals surface area contributed by atoms with E-state index in [4.69, 9.17) is 10.5 Å². The first-order chi connectivity index (χ1) is 6.56. The van der Waals surface area contributed by atoms with E-state index in [1.165, 1.54) is 19.2 Å². The molecule has 0 aliphatic carbocycles. The standard InChI is InChI=1S/C10H12FNO2/c1-6(12)10(13)7-3-4-9(14-2)8(11)5-7/h3-6H,12H2,1-2H3/t6-/m0/s1. The summed E-state index contributed by atoms with van der Waals surface area (Å²) in [6.07, 6.45) is 0. The van der Waals surface area contributed by atoms with Crippen molar-refractivity contribution in [2.24, 2.45) is 5.73 Å². The molecular weight excluding hydrogens is 185 g/mol. The van der Waals surface area contributed by atoms with E-state index >= 15 is 0 Å². The summed E-state index contributed by atoms with van der Waals surface area (Å²) in [6, 6.07) is 3.41. The number of carbonyl (C=O) groups excluding carboxylic acids is 1. The average molecular weight is 197 g/mol. The molecule has 0 unspecified atom stereocenters. The quantitative estimate of drug-likeness (QED) is 0.744. The SMILES string of the molecule is COc1ccc(C(=O)[C@H](C)N)cc1F.